The van der Waals surface area contributed by atoms with Gasteiger partial charge >= 0.3 is 5.97 Å². The molecule has 0 bridgehead atoms. The Kier molecular flexibility index (Phi) is 6.06. The molecule has 3 heterocycles. The summed E-state index contributed by atoms with van der Waals surface area (Å²) in [6.07, 6.45) is 1.23. The van der Waals surface area contributed by atoms with Crippen LogP contribution in [-0.2, 0) is 19.4 Å². The van der Waals surface area contributed by atoms with Gasteiger partial charge in [-0.25, -0.2) is 8.42 Å². The highest BCUT2D eigenvalue weighted by atomic mass is 32.2. The van der Waals surface area contributed by atoms with Crippen LogP contribution < -0.4 is 5.32 Å². The number of hydrogen-bond donors (Lipinski definition) is 1. The third-order valence-electron chi connectivity index (χ3n) is 5.58. The zero-order valence-electron chi connectivity index (χ0n) is 16.7. The number of carbonyl (C=O) groups excluding carboxylic acids is 2. The largest absolute Gasteiger partial charge is 0.466 e. The van der Waals surface area contributed by atoms with Crippen LogP contribution in [0.4, 0.5) is 5.69 Å². The van der Waals surface area contributed by atoms with E-state index < -0.39 is 9.84 Å². The van der Waals surface area contributed by atoms with Gasteiger partial charge in [-0.3, -0.25) is 14.6 Å². The predicted molar refractivity (Wildman–Crippen MR) is 117 cm³/mol. The summed E-state index contributed by atoms with van der Waals surface area (Å²) in [5.74, 6) is -0.108. The van der Waals surface area contributed by atoms with Gasteiger partial charge in [0.05, 0.1) is 30.1 Å². The lowest BCUT2D eigenvalue weighted by Crippen LogP contribution is -2.40. The van der Waals surface area contributed by atoms with Crippen molar-refractivity contribution < 1.29 is 22.7 Å². The van der Waals surface area contributed by atoms with Gasteiger partial charge in [0.2, 0.25) is 0 Å². The van der Waals surface area contributed by atoms with Crippen molar-refractivity contribution in [2.45, 2.75) is 31.1 Å². The Morgan fingerprint density at radius 3 is 2.73 bits per heavy atom. The van der Waals surface area contributed by atoms with Gasteiger partial charge in [-0.2, -0.15) is 0 Å². The van der Waals surface area contributed by atoms with Crippen molar-refractivity contribution in [1.82, 2.24) is 4.90 Å². The minimum absolute atomic E-state index is 0.0250. The first-order chi connectivity index (χ1) is 14.3. The van der Waals surface area contributed by atoms with E-state index >= 15 is 0 Å². The lowest BCUT2D eigenvalue weighted by Gasteiger charge is -2.31. The van der Waals surface area contributed by atoms with Crippen LogP contribution in [-0.4, -0.2) is 72.9 Å². The first-order valence-corrected chi connectivity index (χ1v) is 12.8. The highest BCUT2D eigenvalue weighted by Crippen LogP contribution is 2.34. The molecule has 8 nitrogen and oxygen atoms in total. The summed E-state index contributed by atoms with van der Waals surface area (Å²) in [6.45, 7) is 3.22. The number of hydrogen-bond acceptors (Lipinski definition) is 8. The van der Waals surface area contributed by atoms with Gasteiger partial charge in [-0.15, -0.1) is 0 Å². The Hall–Kier alpha value is -2.07. The zero-order chi connectivity index (χ0) is 21.3. The van der Waals surface area contributed by atoms with Crippen molar-refractivity contribution >= 4 is 44.3 Å². The second-order valence-corrected chi connectivity index (χ2v) is 11.1. The smallest absolute Gasteiger partial charge is 0.309 e. The van der Waals surface area contributed by atoms with Gasteiger partial charge in [-0.05, 0) is 38.0 Å². The summed E-state index contributed by atoms with van der Waals surface area (Å²) in [7, 11) is -2.98. The first kappa shape index (κ1) is 21.2. The molecule has 1 amide bonds. The van der Waals surface area contributed by atoms with E-state index in [-0.39, 0.29) is 40.6 Å². The van der Waals surface area contributed by atoms with Gasteiger partial charge in [-0.1, -0.05) is 17.8 Å². The number of carbonyl (C=O) groups is 2. The quantitative estimate of drug-likeness (QED) is 0.696. The summed E-state index contributed by atoms with van der Waals surface area (Å²) in [5.41, 5.74) is 1.32. The summed E-state index contributed by atoms with van der Waals surface area (Å²) < 4.78 is 28.5. The molecule has 3 aliphatic heterocycles. The fourth-order valence-electron chi connectivity index (χ4n) is 4.03. The zero-order valence-corrected chi connectivity index (χ0v) is 18.4. The standard InChI is InChI=1S/C20H25N3O5S2/c1-2-28-19(25)13-6-8-23(9-7-13)18(24)14-4-3-5-15(10-14)21-20-22-16-11-30(26,27)12-17(16)29-20/h3-5,10,13,16-17H,2,6-9,11-12H2,1H3,(H,21,22)/t16-,17+/m0/s1. The SMILES string of the molecule is CCOC(=O)C1CCN(C(=O)c2cccc(NC3=N[C@H]4CS(=O)(=O)C[C@H]4S3)c2)CC1. The van der Waals surface area contributed by atoms with Crippen LogP contribution in [0.3, 0.4) is 0 Å². The maximum Gasteiger partial charge on any atom is 0.309 e. The number of anilines is 1. The van der Waals surface area contributed by atoms with E-state index in [1.807, 2.05) is 12.1 Å². The van der Waals surface area contributed by atoms with E-state index in [1.54, 1.807) is 24.0 Å². The van der Waals surface area contributed by atoms with Crippen LogP contribution >= 0.6 is 11.8 Å². The molecular formula is C20H25N3O5S2. The van der Waals surface area contributed by atoms with Crippen molar-refractivity contribution in [2.75, 3.05) is 36.5 Å². The number of rotatable bonds is 4. The number of likely N-dealkylation sites (tertiary alicyclic amines) is 1. The molecule has 30 heavy (non-hydrogen) atoms. The van der Waals surface area contributed by atoms with Gasteiger partial charge in [0.15, 0.2) is 15.0 Å². The Balaban J connectivity index is 1.36. The molecular weight excluding hydrogens is 426 g/mol. The number of nitrogens with one attached hydrogen (secondary N) is 1. The third-order valence-corrected chi connectivity index (χ3v) is 8.72. The van der Waals surface area contributed by atoms with E-state index in [9.17, 15) is 18.0 Å². The van der Waals surface area contributed by atoms with Crippen LogP contribution in [0.25, 0.3) is 0 Å². The molecule has 0 unspecified atom stereocenters. The molecule has 1 aromatic rings. The second kappa shape index (κ2) is 8.58. The second-order valence-electron chi connectivity index (χ2n) is 7.76. The van der Waals surface area contributed by atoms with E-state index in [0.717, 1.165) is 5.69 Å². The Labute approximate surface area is 180 Å². The molecule has 10 heteroatoms. The molecule has 1 N–H and O–H groups in total. The van der Waals surface area contributed by atoms with E-state index in [2.05, 4.69) is 10.3 Å². The molecule has 162 valence electrons. The lowest BCUT2D eigenvalue weighted by atomic mass is 9.96. The van der Waals surface area contributed by atoms with Crippen LogP contribution in [0, 0.1) is 5.92 Å². The number of sulfone groups is 1. The summed E-state index contributed by atoms with van der Waals surface area (Å²) in [6, 6.07) is 7.04. The minimum Gasteiger partial charge on any atom is -0.466 e. The highest BCUT2D eigenvalue weighted by Gasteiger charge is 2.42. The van der Waals surface area contributed by atoms with Gasteiger partial charge in [0.1, 0.15) is 0 Å². The molecule has 0 radical (unpaired) electrons. The van der Waals surface area contributed by atoms with Gasteiger partial charge in [0.25, 0.3) is 5.91 Å². The van der Waals surface area contributed by atoms with Crippen molar-refractivity contribution in [3.8, 4) is 0 Å². The topological polar surface area (TPSA) is 105 Å². The molecule has 2 fully saturated rings. The number of thioether (sulfide) groups is 1. The van der Waals surface area contributed by atoms with Crippen LogP contribution in [0.5, 0.6) is 0 Å². The number of benzene rings is 1. The normalized spacial score (nSPS) is 25.5. The molecule has 1 aromatic carbocycles. The number of esters is 1. The van der Waals surface area contributed by atoms with Crippen LogP contribution in [0.2, 0.25) is 0 Å². The minimum atomic E-state index is -2.98. The molecule has 4 rings (SSSR count). The maximum absolute atomic E-state index is 12.9. The predicted octanol–water partition coefficient (Wildman–Crippen LogP) is 1.78. The Bertz CT molecular complexity index is 970. The number of nitrogens with zero attached hydrogens (tertiary/aromatic N) is 2. The number of ether oxygens (including phenoxy) is 1. The number of piperidine rings is 1. The number of amidine groups is 1. The summed E-state index contributed by atoms with van der Waals surface area (Å²) in [5, 5.41) is 3.89. The van der Waals surface area contributed by atoms with E-state index in [1.165, 1.54) is 11.8 Å². The van der Waals surface area contributed by atoms with E-state index in [4.69, 9.17) is 4.74 Å². The third kappa shape index (κ3) is 4.64. The fraction of sp³-hybridized carbons (Fsp3) is 0.550. The number of fused-ring (bicyclic) bond motifs is 1. The molecule has 0 aromatic heterocycles. The van der Waals surface area contributed by atoms with Crippen LogP contribution in [0.15, 0.2) is 29.3 Å². The van der Waals surface area contributed by atoms with E-state index in [0.29, 0.717) is 43.3 Å². The van der Waals surface area contributed by atoms with Crippen molar-refractivity contribution in [3.05, 3.63) is 29.8 Å². The van der Waals surface area contributed by atoms with Gasteiger partial charge < -0.3 is 15.0 Å². The highest BCUT2D eigenvalue weighted by molar-refractivity contribution is 8.15. The van der Waals surface area contributed by atoms with Crippen molar-refractivity contribution in [2.24, 2.45) is 10.9 Å². The Morgan fingerprint density at radius 1 is 1.27 bits per heavy atom. The Morgan fingerprint density at radius 2 is 2.03 bits per heavy atom. The van der Waals surface area contributed by atoms with Crippen molar-refractivity contribution in [3.63, 3.8) is 0 Å². The van der Waals surface area contributed by atoms with Crippen molar-refractivity contribution in [1.29, 1.82) is 0 Å². The molecule has 2 saturated heterocycles. The molecule has 0 spiro atoms. The van der Waals surface area contributed by atoms with Crippen LogP contribution in [0.1, 0.15) is 30.1 Å². The maximum atomic E-state index is 12.9. The first-order valence-electron chi connectivity index (χ1n) is 10.1. The summed E-state index contributed by atoms with van der Waals surface area (Å²) in [4.78, 5) is 31.0. The number of amides is 1. The van der Waals surface area contributed by atoms with Gasteiger partial charge in [0, 0.05) is 29.6 Å². The molecule has 3 aliphatic rings. The monoisotopic (exact) mass is 451 g/mol. The number of aliphatic imine (C=N–C) groups is 1. The lowest BCUT2D eigenvalue weighted by molar-refractivity contribution is -0.149. The average Bonchev–Trinajstić information content (AvgIpc) is 3.20. The summed E-state index contributed by atoms with van der Waals surface area (Å²) >= 11 is 1.45. The molecule has 2 atom stereocenters. The molecule has 0 saturated carbocycles. The average molecular weight is 452 g/mol. The fourth-order valence-corrected chi connectivity index (χ4v) is 7.71. The molecule has 0 aliphatic carbocycles.